The molecule has 0 spiro atoms. The Kier molecular flexibility index (Phi) is 4.40. The van der Waals surface area contributed by atoms with Gasteiger partial charge in [-0.05, 0) is 6.92 Å². The second-order valence-electron chi connectivity index (χ2n) is 4.83. The first-order valence-electron chi connectivity index (χ1n) is 6.85. The van der Waals surface area contributed by atoms with Gasteiger partial charge in [0.25, 0.3) is 5.56 Å². The molecule has 1 atom stereocenters. The molecule has 0 aliphatic carbocycles. The molecular weight excluding hydrogens is 296 g/mol. The van der Waals surface area contributed by atoms with Gasteiger partial charge in [0, 0.05) is 18.2 Å². The largest absolute Gasteiger partial charge is 0.349 e. The lowest BCUT2D eigenvalue weighted by Crippen LogP contribution is -2.25. The van der Waals surface area contributed by atoms with Crippen LogP contribution in [0.2, 0.25) is 0 Å². The van der Waals surface area contributed by atoms with Crippen LogP contribution in [0.3, 0.4) is 0 Å². The third-order valence-electron chi connectivity index (χ3n) is 3.32. The van der Waals surface area contributed by atoms with Crippen molar-refractivity contribution < 1.29 is 9.47 Å². The van der Waals surface area contributed by atoms with Crippen LogP contribution >= 0.6 is 23.5 Å². The highest BCUT2D eigenvalue weighted by atomic mass is 32.2. The van der Waals surface area contributed by atoms with Crippen LogP contribution in [0.15, 0.2) is 14.8 Å². The predicted molar refractivity (Wildman–Crippen MR) is 79.6 cm³/mol. The average Bonchev–Trinajstić information content (AvgIpc) is 3.05. The number of hydrogen-bond acceptors (Lipinski definition) is 6. The standard InChI is InChI=1S/C13H18N2O3S2/c1-3-15-12(16)11-9(6-8(2)20-11)14-13(15)19-7-10-17-4-5-18-10/h8,10H,3-7H2,1-2H3. The third-order valence-corrected chi connectivity index (χ3v) is 5.54. The Morgan fingerprint density at radius 2 is 2.20 bits per heavy atom. The molecule has 3 rings (SSSR count). The maximum absolute atomic E-state index is 12.5. The molecule has 0 N–H and O–H groups in total. The zero-order valence-corrected chi connectivity index (χ0v) is 13.3. The van der Waals surface area contributed by atoms with Crippen molar-refractivity contribution in [2.45, 2.75) is 48.4 Å². The van der Waals surface area contributed by atoms with Crippen molar-refractivity contribution in [3.8, 4) is 0 Å². The molecule has 7 heteroatoms. The topological polar surface area (TPSA) is 53.4 Å². The Balaban J connectivity index is 1.84. The van der Waals surface area contributed by atoms with Crippen LogP contribution in [0.1, 0.15) is 19.5 Å². The smallest absolute Gasteiger partial charge is 0.268 e. The Morgan fingerprint density at radius 3 is 2.90 bits per heavy atom. The van der Waals surface area contributed by atoms with Crippen LogP contribution in [0.25, 0.3) is 0 Å². The summed E-state index contributed by atoms with van der Waals surface area (Å²) in [5.74, 6) is 0.675. The molecule has 1 saturated heterocycles. The summed E-state index contributed by atoms with van der Waals surface area (Å²) < 4.78 is 12.6. The molecule has 0 amide bonds. The molecule has 1 fully saturated rings. The zero-order valence-electron chi connectivity index (χ0n) is 11.6. The Hall–Kier alpha value is -0.500. The van der Waals surface area contributed by atoms with E-state index in [0.29, 0.717) is 30.8 Å². The van der Waals surface area contributed by atoms with E-state index in [2.05, 4.69) is 6.92 Å². The number of ether oxygens (including phenoxy) is 2. The van der Waals surface area contributed by atoms with Crippen LogP contribution in [0.4, 0.5) is 0 Å². The minimum Gasteiger partial charge on any atom is -0.349 e. The highest BCUT2D eigenvalue weighted by Crippen LogP contribution is 2.34. The molecule has 2 aliphatic rings. The second kappa shape index (κ2) is 6.09. The first-order valence-corrected chi connectivity index (χ1v) is 8.72. The molecule has 20 heavy (non-hydrogen) atoms. The maximum atomic E-state index is 12.5. The van der Waals surface area contributed by atoms with Crippen molar-refractivity contribution in [1.29, 1.82) is 0 Å². The van der Waals surface area contributed by atoms with E-state index in [1.165, 1.54) is 0 Å². The van der Waals surface area contributed by atoms with E-state index < -0.39 is 0 Å². The van der Waals surface area contributed by atoms with Gasteiger partial charge in [0.05, 0.1) is 29.6 Å². The second-order valence-corrected chi connectivity index (χ2v) is 7.27. The van der Waals surface area contributed by atoms with E-state index in [1.807, 2.05) is 6.92 Å². The molecule has 1 aromatic rings. The van der Waals surface area contributed by atoms with Crippen LogP contribution in [-0.2, 0) is 22.4 Å². The first kappa shape index (κ1) is 14.4. The number of hydrogen-bond donors (Lipinski definition) is 0. The summed E-state index contributed by atoms with van der Waals surface area (Å²) in [6.07, 6.45) is 0.702. The van der Waals surface area contributed by atoms with E-state index in [4.69, 9.17) is 14.5 Å². The fraction of sp³-hybridized carbons (Fsp3) is 0.692. The lowest BCUT2D eigenvalue weighted by molar-refractivity contribution is -0.0215. The predicted octanol–water partition coefficient (Wildman–Crippen LogP) is 1.76. The fourth-order valence-electron chi connectivity index (χ4n) is 2.37. The van der Waals surface area contributed by atoms with E-state index >= 15 is 0 Å². The summed E-state index contributed by atoms with van der Waals surface area (Å²) in [6.45, 7) is 6.05. The van der Waals surface area contributed by atoms with Gasteiger partial charge in [-0.15, -0.1) is 11.8 Å². The molecule has 0 bridgehead atoms. The molecule has 0 saturated carbocycles. The Labute approximate surface area is 126 Å². The van der Waals surface area contributed by atoms with E-state index in [9.17, 15) is 4.79 Å². The molecule has 110 valence electrons. The number of aromatic nitrogens is 2. The lowest BCUT2D eigenvalue weighted by Gasteiger charge is -2.13. The minimum atomic E-state index is -0.177. The maximum Gasteiger partial charge on any atom is 0.268 e. The van der Waals surface area contributed by atoms with Crippen LogP contribution in [-0.4, -0.2) is 40.1 Å². The number of fused-ring (bicyclic) bond motifs is 1. The number of nitrogens with zero attached hydrogens (tertiary/aromatic N) is 2. The monoisotopic (exact) mass is 314 g/mol. The molecule has 0 radical (unpaired) electrons. The van der Waals surface area contributed by atoms with Crippen molar-refractivity contribution in [2.24, 2.45) is 0 Å². The summed E-state index contributed by atoms with van der Waals surface area (Å²) in [5.41, 5.74) is 1.05. The van der Waals surface area contributed by atoms with Gasteiger partial charge >= 0.3 is 0 Å². The SMILES string of the molecule is CCn1c(SCC2OCCO2)nc2c(c1=O)SC(C)C2. The van der Waals surface area contributed by atoms with Gasteiger partial charge in [-0.25, -0.2) is 4.98 Å². The molecule has 2 aliphatic heterocycles. The van der Waals surface area contributed by atoms with Gasteiger partial charge in [0.15, 0.2) is 11.4 Å². The molecule has 5 nitrogen and oxygen atoms in total. The van der Waals surface area contributed by atoms with Crippen molar-refractivity contribution in [1.82, 2.24) is 9.55 Å². The van der Waals surface area contributed by atoms with Gasteiger partial charge in [-0.3, -0.25) is 9.36 Å². The molecule has 0 aromatic carbocycles. The van der Waals surface area contributed by atoms with Crippen molar-refractivity contribution in [3.63, 3.8) is 0 Å². The summed E-state index contributed by atoms with van der Waals surface area (Å²) >= 11 is 3.19. The van der Waals surface area contributed by atoms with Gasteiger partial charge in [0.2, 0.25) is 0 Å². The summed E-state index contributed by atoms with van der Waals surface area (Å²) in [6, 6.07) is 0. The van der Waals surface area contributed by atoms with Gasteiger partial charge in [-0.1, -0.05) is 18.7 Å². The Morgan fingerprint density at radius 1 is 1.45 bits per heavy atom. The van der Waals surface area contributed by atoms with E-state index in [-0.39, 0.29) is 11.8 Å². The van der Waals surface area contributed by atoms with Crippen molar-refractivity contribution in [3.05, 3.63) is 16.0 Å². The van der Waals surface area contributed by atoms with Crippen LogP contribution in [0, 0.1) is 0 Å². The van der Waals surface area contributed by atoms with Gasteiger partial charge in [-0.2, -0.15) is 0 Å². The van der Waals surface area contributed by atoms with E-state index in [1.54, 1.807) is 28.1 Å². The highest BCUT2D eigenvalue weighted by molar-refractivity contribution is 8.00. The minimum absolute atomic E-state index is 0.0996. The summed E-state index contributed by atoms with van der Waals surface area (Å²) in [5, 5.41) is 1.22. The van der Waals surface area contributed by atoms with Crippen LogP contribution in [0.5, 0.6) is 0 Å². The summed E-state index contributed by atoms with van der Waals surface area (Å²) in [4.78, 5) is 18.0. The third kappa shape index (κ3) is 2.77. The van der Waals surface area contributed by atoms with Crippen LogP contribution < -0.4 is 5.56 Å². The lowest BCUT2D eigenvalue weighted by atomic mass is 10.2. The van der Waals surface area contributed by atoms with E-state index in [0.717, 1.165) is 22.2 Å². The highest BCUT2D eigenvalue weighted by Gasteiger charge is 2.26. The van der Waals surface area contributed by atoms with Gasteiger partial charge < -0.3 is 9.47 Å². The average molecular weight is 314 g/mol. The van der Waals surface area contributed by atoms with Crippen molar-refractivity contribution in [2.75, 3.05) is 19.0 Å². The quantitative estimate of drug-likeness (QED) is 0.623. The number of rotatable bonds is 4. The normalized spacial score (nSPS) is 22.4. The zero-order chi connectivity index (χ0) is 14.1. The fourth-order valence-corrected chi connectivity index (χ4v) is 4.51. The molecule has 1 unspecified atom stereocenters. The Bertz CT molecular complexity index is 555. The van der Waals surface area contributed by atoms with Gasteiger partial charge in [0.1, 0.15) is 0 Å². The molecule has 3 heterocycles. The first-order chi connectivity index (χ1) is 9.69. The summed E-state index contributed by atoms with van der Waals surface area (Å²) in [7, 11) is 0. The molecule has 1 aromatic heterocycles. The number of thioether (sulfide) groups is 2. The molecular formula is C13H18N2O3S2. The van der Waals surface area contributed by atoms with Crippen molar-refractivity contribution >= 4 is 23.5 Å².